The van der Waals surface area contributed by atoms with Crippen LogP contribution in [0.3, 0.4) is 0 Å². The van der Waals surface area contributed by atoms with Crippen molar-refractivity contribution in [2.45, 2.75) is 65.1 Å². The summed E-state index contributed by atoms with van der Waals surface area (Å²) in [5.74, 6) is -0.623. The molecule has 1 aliphatic heterocycles. The summed E-state index contributed by atoms with van der Waals surface area (Å²) in [7, 11) is 3.24. The number of carbonyl (C=O) groups is 3. The number of hydrogen-bond donors (Lipinski definition) is 3. The van der Waals surface area contributed by atoms with Crippen LogP contribution in [0.25, 0.3) is 10.9 Å². The van der Waals surface area contributed by atoms with E-state index in [1.165, 1.54) is 12.4 Å². The topological polar surface area (TPSA) is 135 Å². The zero-order chi connectivity index (χ0) is 33.6. The first kappa shape index (κ1) is 35.0. The molecule has 2 aromatic carbocycles. The number of nitrogens with one attached hydrogen (secondary N) is 3. The molecule has 3 N–H and O–H groups in total. The number of halogens is 2. The lowest BCUT2D eigenvalue weighted by atomic mass is 9.85. The highest BCUT2D eigenvalue weighted by atomic mass is 35.5. The lowest BCUT2D eigenvalue weighted by Gasteiger charge is -2.36. The van der Waals surface area contributed by atoms with Gasteiger partial charge in [-0.3, -0.25) is 14.4 Å². The van der Waals surface area contributed by atoms with Gasteiger partial charge in [-0.1, -0.05) is 38.4 Å². The summed E-state index contributed by atoms with van der Waals surface area (Å²) in [4.78, 5) is 50.9. The van der Waals surface area contributed by atoms with Crippen LogP contribution in [0.15, 0.2) is 36.7 Å². The molecule has 3 aromatic rings. The van der Waals surface area contributed by atoms with Gasteiger partial charge in [0, 0.05) is 37.1 Å². The number of amides is 2. The van der Waals surface area contributed by atoms with E-state index in [0.717, 1.165) is 0 Å². The van der Waals surface area contributed by atoms with Crippen molar-refractivity contribution in [1.82, 2.24) is 25.5 Å². The SMILES string of the molecule is CN[C@@H](C)C(=O)N[C@H](C(=O)N1CCC[C@H]1C(=O)Cc1cc2c(Nc3cccc(Cl)c3F)ncnc2cc1OCCOC)C(C)(C)C. The third kappa shape index (κ3) is 8.09. The molecular formula is C33H42ClFN6O5. The summed E-state index contributed by atoms with van der Waals surface area (Å²) in [5.41, 5.74) is 0.611. The molecule has 0 spiro atoms. The molecule has 0 aliphatic carbocycles. The number of Topliss-reactive ketones (excluding diaryl/α,β-unsaturated/α-hetero) is 1. The minimum atomic E-state index is -0.824. The number of benzene rings is 2. The maximum absolute atomic E-state index is 14.7. The lowest BCUT2D eigenvalue weighted by molar-refractivity contribution is -0.143. The van der Waals surface area contributed by atoms with Crippen LogP contribution < -0.4 is 20.7 Å². The Kier molecular flexibility index (Phi) is 11.5. The largest absolute Gasteiger partial charge is 0.491 e. The summed E-state index contributed by atoms with van der Waals surface area (Å²) in [6, 6.07) is 6.08. The van der Waals surface area contributed by atoms with Crippen molar-refractivity contribution < 1.29 is 28.2 Å². The monoisotopic (exact) mass is 656 g/mol. The van der Waals surface area contributed by atoms with Crippen molar-refractivity contribution in [1.29, 1.82) is 0 Å². The van der Waals surface area contributed by atoms with Gasteiger partial charge in [-0.2, -0.15) is 0 Å². The average molecular weight is 657 g/mol. The molecule has 46 heavy (non-hydrogen) atoms. The van der Waals surface area contributed by atoms with E-state index in [0.29, 0.717) is 54.0 Å². The molecule has 0 unspecified atom stereocenters. The van der Waals surface area contributed by atoms with Crippen molar-refractivity contribution in [2.75, 3.05) is 39.2 Å². The Morgan fingerprint density at radius 2 is 1.93 bits per heavy atom. The van der Waals surface area contributed by atoms with Crippen LogP contribution in [0.5, 0.6) is 5.75 Å². The third-order valence-corrected chi connectivity index (χ3v) is 8.36. The molecule has 1 fully saturated rings. The predicted molar refractivity (Wildman–Crippen MR) is 175 cm³/mol. The van der Waals surface area contributed by atoms with E-state index >= 15 is 0 Å². The van der Waals surface area contributed by atoms with Crippen LogP contribution >= 0.6 is 11.6 Å². The molecule has 11 nitrogen and oxygen atoms in total. The number of aromatic nitrogens is 2. The van der Waals surface area contributed by atoms with Crippen molar-refractivity contribution in [3.05, 3.63) is 53.1 Å². The molecule has 13 heteroatoms. The molecule has 0 bridgehead atoms. The average Bonchev–Trinajstić information content (AvgIpc) is 3.52. The minimum Gasteiger partial charge on any atom is -0.491 e. The Hall–Kier alpha value is -3.87. The number of rotatable bonds is 13. The van der Waals surface area contributed by atoms with Crippen molar-refractivity contribution in [3.63, 3.8) is 0 Å². The van der Waals surface area contributed by atoms with E-state index in [2.05, 4.69) is 25.9 Å². The summed E-state index contributed by atoms with van der Waals surface area (Å²) in [5, 5.41) is 9.28. The lowest BCUT2D eigenvalue weighted by Crippen LogP contribution is -2.58. The number of likely N-dealkylation sites (tertiary alicyclic amines) is 1. The van der Waals surface area contributed by atoms with Gasteiger partial charge >= 0.3 is 0 Å². The molecule has 0 saturated carbocycles. The Morgan fingerprint density at radius 3 is 2.63 bits per heavy atom. The first-order chi connectivity index (χ1) is 21.8. The van der Waals surface area contributed by atoms with Crippen molar-refractivity contribution in [2.24, 2.45) is 5.41 Å². The van der Waals surface area contributed by atoms with Gasteiger partial charge in [-0.15, -0.1) is 0 Å². The van der Waals surface area contributed by atoms with Crippen LogP contribution in [-0.4, -0.2) is 84.5 Å². The fourth-order valence-electron chi connectivity index (χ4n) is 5.35. The van der Waals surface area contributed by atoms with E-state index in [1.807, 2.05) is 20.8 Å². The molecule has 0 radical (unpaired) electrons. The minimum absolute atomic E-state index is 0.0380. The van der Waals surface area contributed by atoms with Gasteiger partial charge in [0.2, 0.25) is 11.8 Å². The maximum Gasteiger partial charge on any atom is 0.246 e. The van der Waals surface area contributed by atoms with Gasteiger partial charge in [0.15, 0.2) is 11.6 Å². The zero-order valence-corrected chi connectivity index (χ0v) is 27.8. The highest BCUT2D eigenvalue weighted by Gasteiger charge is 2.42. The van der Waals surface area contributed by atoms with Gasteiger partial charge in [0.05, 0.1) is 34.9 Å². The number of carbonyl (C=O) groups excluding carboxylic acids is 3. The number of hydrogen-bond acceptors (Lipinski definition) is 9. The summed E-state index contributed by atoms with van der Waals surface area (Å²) >= 11 is 5.98. The predicted octanol–water partition coefficient (Wildman–Crippen LogP) is 4.43. The molecule has 1 aromatic heterocycles. The van der Waals surface area contributed by atoms with Gasteiger partial charge in [-0.25, -0.2) is 14.4 Å². The maximum atomic E-state index is 14.7. The highest BCUT2D eigenvalue weighted by molar-refractivity contribution is 6.31. The van der Waals surface area contributed by atoms with Crippen LogP contribution in [-0.2, 0) is 25.5 Å². The Labute approximate surface area is 273 Å². The van der Waals surface area contributed by atoms with Crippen LogP contribution in [0.4, 0.5) is 15.9 Å². The second kappa shape index (κ2) is 15.1. The van der Waals surface area contributed by atoms with E-state index < -0.39 is 29.4 Å². The zero-order valence-electron chi connectivity index (χ0n) is 27.1. The van der Waals surface area contributed by atoms with Gasteiger partial charge in [0.25, 0.3) is 0 Å². The Balaban J connectivity index is 1.65. The highest BCUT2D eigenvalue weighted by Crippen LogP contribution is 2.33. The van der Waals surface area contributed by atoms with Gasteiger partial charge in [0.1, 0.15) is 30.5 Å². The van der Waals surface area contributed by atoms with E-state index in [1.54, 1.807) is 50.2 Å². The quantitative estimate of drug-likeness (QED) is 0.228. The second-order valence-electron chi connectivity index (χ2n) is 12.4. The number of methoxy groups -OCH3 is 1. The number of ketones is 1. The molecule has 1 aliphatic rings. The molecular weight excluding hydrogens is 615 g/mol. The van der Waals surface area contributed by atoms with E-state index in [9.17, 15) is 18.8 Å². The summed E-state index contributed by atoms with van der Waals surface area (Å²) < 4.78 is 25.9. The van der Waals surface area contributed by atoms with Crippen LogP contribution in [0, 0.1) is 11.2 Å². The molecule has 3 atom stereocenters. The number of fused-ring (bicyclic) bond motifs is 1. The van der Waals surface area contributed by atoms with Crippen molar-refractivity contribution in [3.8, 4) is 5.75 Å². The molecule has 2 heterocycles. The number of ether oxygens (including phenoxy) is 2. The Bertz CT molecular complexity index is 1580. The fraction of sp³-hybridized carbons (Fsp3) is 0.485. The van der Waals surface area contributed by atoms with Crippen LogP contribution in [0.1, 0.15) is 46.1 Å². The van der Waals surface area contributed by atoms with Crippen LogP contribution in [0.2, 0.25) is 5.02 Å². The number of nitrogens with zero attached hydrogens (tertiary/aromatic N) is 3. The Morgan fingerprint density at radius 1 is 1.17 bits per heavy atom. The number of anilines is 2. The molecule has 2 amide bonds. The summed E-state index contributed by atoms with van der Waals surface area (Å²) in [6.07, 6.45) is 2.46. The van der Waals surface area contributed by atoms with Gasteiger partial charge < -0.3 is 30.3 Å². The van der Waals surface area contributed by atoms with E-state index in [-0.39, 0.29) is 41.3 Å². The molecule has 4 rings (SSSR count). The first-order valence-corrected chi connectivity index (χ1v) is 15.6. The second-order valence-corrected chi connectivity index (χ2v) is 12.8. The standard InChI is InChI=1S/C33H42ClFN6O5/c1-19(36-5)31(43)40-29(33(2,3)4)32(44)41-12-8-11-25(41)26(42)16-20-15-21-24(17-27(20)46-14-13-45-6)37-18-38-30(21)39-23-10-7-9-22(34)28(23)35/h7,9-10,15,17-19,25,29,36H,8,11-14,16H2,1-6H3,(H,40,43)(H,37,38,39)/t19-,25-,29+/m0/s1. The smallest absolute Gasteiger partial charge is 0.246 e. The molecule has 1 saturated heterocycles. The van der Waals surface area contributed by atoms with E-state index in [4.69, 9.17) is 21.1 Å². The summed E-state index contributed by atoms with van der Waals surface area (Å²) in [6.45, 7) is 8.33. The van der Waals surface area contributed by atoms with Gasteiger partial charge in [-0.05, 0) is 50.4 Å². The number of likely N-dealkylation sites (N-methyl/N-ethyl adjacent to an activating group) is 1. The normalized spacial score (nSPS) is 16.3. The first-order valence-electron chi connectivity index (χ1n) is 15.3. The third-order valence-electron chi connectivity index (χ3n) is 8.07. The molecule has 248 valence electrons. The fourth-order valence-corrected chi connectivity index (χ4v) is 5.52. The van der Waals surface area contributed by atoms with Crippen molar-refractivity contribution >= 4 is 51.6 Å².